The van der Waals surface area contributed by atoms with E-state index in [9.17, 15) is 9.59 Å². The highest BCUT2D eigenvalue weighted by molar-refractivity contribution is 6.08. The Kier molecular flexibility index (Phi) is 7.10. The Morgan fingerprint density at radius 1 is 1.06 bits per heavy atom. The molecule has 0 aliphatic heterocycles. The SMILES string of the molecule is COc1cc(/C=C/C(=O)c2c(C)nn(C)c2C)ccc1OCC(=O)Nc1ccc(C)cc1. The van der Waals surface area contributed by atoms with Crippen molar-refractivity contribution in [1.29, 1.82) is 0 Å². The quantitative estimate of drug-likeness (QED) is 0.424. The number of hydrogen-bond donors (Lipinski definition) is 1. The third-order valence-corrected chi connectivity index (χ3v) is 5.06. The third kappa shape index (κ3) is 5.43. The lowest BCUT2D eigenvalue weighted by Crippen LogP contribution is -2.20. The monoisotopic (exact) mass is 433 g/mol. The molecule has 32 heavy (non-hydrogen) atoms. The van der Waals surface area contributed by atoms with Crippen molar-refractivity contribution in [3.63, 3.8) is 0 Å². The van der Waals surface area contributed by atoms with Crippen LogP contribution >= 0.6 is 0 Å². The number of aryl methyl sites for hydroxylation is 3. The summed E-state index contributed by atoms with van der Waals surface area (Å²) in [6.45, 7) is 5.51. The molecule has 0 radical (unpaired) electrons. The maximum absolute atomic E-state index is 12.6. The third-order valence-electron chi connectivity index (χ3n) is 5.06. The number of rotatable bonds is 8. The minimum absolute atomic E-state index is 0.111. The lowest BCUT2D eigenvalue weighted by atomic mass is 10.1. The van der Waals surface area contributed by atoms with Gasteiger partial charge in [-0.3, -0.25) is 14.3 Å². The fraction of sp³-hybridized carbons (Fsp3) is 0.240. The number of carbonyl (C=O) groups excluding carboxylic acids is 2. The minimum atomic E-state index is -0.271. The Morgan fingerprint density at radius 3 is 2.41 bits per heavy atom. The van der Waals surface area contributed by atoms with Crippen LogP contribution in [0.25, 0.3) is 6.08 Å². The van der Waals surface area contributed by atoms with Gasteiger partial charge in [0, 0.05) is 18.4 Å². The van der Waals surface area contributed by atoms with E-state index in [1.165, 1.54) is 13.2 Å². The van der Waals surface area contributed by atoms with Gasteiger partial charge in [-0.2, -0.15) is 5.10 Å². The summed E-state index contributed by atoms with van der Waals surface area (Å²) in [5.74, 6) is 0.526. The summed E-state index contributed by atoms with van der Waals surface area (Å²) in [4.78, 5) is 24.8. The second kappa shape index (κ2) is 9.96. The number of ether oxygens (including phenoxy) is 2. The molecule has 0 aliphatic rings. The number of amides is 1. The Hall–Kier alpha value is -3.87. The molecular weight excluding hydrogens is 406 g/mol. The summed E-state index contributed by atoms with van der Waals surface area (Å²) in [7, 11) is 3.34. The van der Waals surface area contributed by atoms with Crippen molar-refractivity contribution in [3.8, 4) is 11.5 Å². The molecule has 3 rings (SSSR count). The summed E-state index contributed by atoms with van der Waals surface area (Å²) < 4.78 is 12.7. The van der Waals surface area contributed by atoms with E-state index >= 15 is 0 Å². The molecule has 1 N–H and O–H groups in total. The van der Waals surface area contributed by atoms with E-state index in [1.807, 2.05) is 52.1 Å². The predicted octanol–water partition coefficient (Wildman–Crippen LogP) is 4.27. The first-order chi connectivity index (χ1) is 15.3. The number of ketones is 1. The van der Waals surface area contributed by atoms with Crippen molar-refractivity contribution in [2.75, 3.05) is 19.0 Å². The number of nitrogens with one attached hydrogen (secondary N) is 1. The topological polar surface area (TPSA) is 82.4 Å². The van der Waals surface area contributed by atoms with E-state index in [0.29, 0.717) is 28.4 Å². The number of allylic oxidation sites excluding steroid dienone is 1. The fourth-order valence-corrected chi connectivity index (χ4v) is 3.27. The normalized spacial score (nSPS) is 10.9. The van der Waals surface area contributed by atoms with Crippen LogP contribution in [-0.2, 0) is 11.8 Å². The molecule has 3 aromatic rings. The Balaban J connectivity index is 1.65. The van der Waals surface area contributed by atoms with Gasteiger partial charge < -0.3 is 14.8 Å². The summed E-state index contributed by atoms with van der Waals surface area (Å²) in [5, 5.41) is 7.07. The van der Waals surface area contributed by atoms with Crippen LogP contribution in [0, 0.1) is 20.8 Å². The number of nitrogens with zero attached hydrogens (tertiary/aromatic N) is 2. The van der Waals surface area contributed by atoms with Gasteiger partial charge in [-0.05, 0) is 56.7 Å². The summed E-state index contributed by atoms with van der Waals surface area (Å²) >= 11 is 0. The van der Waals surface area contributed by atoms with Crippen molar-refractivity contribution < 1.29 is 19.1 Å². The van der Waals surface area contributed by atoms with Gasteiger partial charge in [-0.15, -0.1) is 0 Å². The average Bonchev–Trinajstić information content (AvgIpc) is 3.03. The van der Waals surface area contributed by atoms with Gasteiger partial charge in [0.15, 0.2) is 23.9 Å². The number of aromatic nitrogens is 2. The number of methoxy groups -OCH3 is 1. The highest BCUT2D eigenvalue weighted by Crippen LogP contribution is 2.29. The smallest absolute Gasteiger partial charge is 0.262 e. The van der Waals surface area contributed by atoms with Crippen LogP contribution in [0.2, 0.25) is 0 Å². The zero-order valence-electron chi connectivity index (χ0n) is 18.9. The van der Waals surface area contributed by atoms with Crippen LogP contribution in [0.5, 0.6) is 11.5 Å². The maximum Gasteiger partial charge on any atom is 0.262 e. The van der Waals surface area contributed by atoms with E-state index in [4.69, 9.17) is 9.47 Å². The molecule has 2 aromatic carbocycles. The zero-order valence-corrected chi connectivity index (χ0v) is 18.9. The van der Waals surface area contributed by atoms with E-state index < -0.39 is 0 Å². The maximum atomic E-state index is 12.6. The lowest BCUT2D eigenvalue weighted by molar-refractivity contribution is -0.118. The summed E-state index contributed by atoms with van der Waals surface area (Å²) in [6, 6.07) is 12.8. The first-order valence-corrected chi connectivity index (χ1v) is 10.2. The second-order valence-corrected chi connectivity index (χ2v) is 7.48. The Bertz CT molecular complexity index is 1160. The van der Waals surface area contributed by atoms with Crippen LogP contribution in [0.1, 0.15) is 32.9 Å². The number of hydrogen-bond acceptors (Lipinski definition) is 5. The number of carbonyl (C=O) groups is 2. The molecule has 7 heteroatoms. The molecule has 0 atom stereocenters. The van der Waals surface area contributed by atoms with Gasteiger partial charge in [0.1, 0.15) is 0 Å². The highest BCUT2D eigenvalue weighted by Gasteiger charge is 2.15. The molecule has 0 spiro atoms. The van der Waals surface area contributed by atoms with Gasteiger partial charge in [0.05, 0.1) is 18.4 Å². The van der Waals surface area contributed by atoms with E-state index in [1.54, 1.807) is 29.0 Å². The van der Waals surface area contributed by atoms with E-state index in [-0.39, 0.29) is 18.3 Å². The molecule has 1 heterocycles. The van der Waals surface area contributed by atoms with Crippen LogP contribution in [0.4, 0.5) is 5.69 Å². The highest BCUT2D eigenvalue weighted by atomic mass is 16.5. The lowest BCUT2D eigenvalue weighted by Gasteiger charge is -2.11. The van der Waals surface area contributed by atoms with Crippen molar-refractivity contribution in [2.24, 2.45) is 7.05 Å². The van der Waals surface area contributed by atoms with Crippen LogP contribution < -0.4 is 14.8 Å². The molecule has 0 unspecified atom stereocenters. The second-order valence-electron chi connectivity index (χ2n) is 7.48. The largest absolute Gasteiger partial charge is 0.493 e. The first-order valence-electron chi connectivity index (χ1n) is 10.2. The standard InChI is InChI=1S/C25H27N3O4/c1-16-6-10-20(11-7-16)26-24(30)15-32-22-13-9-19(14-23(22)31-5)8-12-21(29)25-17(2)27-28(4)18(25)3/h6-14H,15H2,1-5H3,(H,26,30)/b12-8+. The Morgan fingerprint density at radius 2 is 1.78 bits per heavy atom. The van der Waals surface area contributed by atoms with Gasteiger partial charge in [-0.25, -0.2) is 0 Å². The fourth-order valence-electron chi connectivity index (χ4n) is 3.27. The first kappa shape index (κ1) is 22.8. The summed E-state index contributed by atoms with van der Waals surface area (Å²) in [5.41, 5.74) is 4.72. The van der Waals surface area contributed by atoms with E-state index in [0.717, 1.165) is 16.8 Å². The van der Waals surface area contributed by atoms with Gasteiger partial charge >= 0.3 is 0 Å². The van der Waals surface area contributed by atoms with Crippen molar-refractivity contribution >= 4 is 23.5 Å². The van der Waals surface area contributed by atoms with Gasteiger partial charge in [0.2, 0.25) is 0 Å². The molecule has 0 saturated carbocycles. The predicted molar refractivity (Wildman–Crippen MR) is 124 cm³/mol. The molecule has 166 valence electrons. The number of anilines is 1. The van der Waals surface area contributed by atoms with Crippen molar-refractivity contribution in [2.45, 2.75) is 20.8 Å². The van der Waals surface area contributed by atoms with Crippen LogP contribution in [-0.4, -0.2) is 35.2 Å². The van der Waals surface area contributed by atoms with Crippen molar-refractivity contribution in [3.05, 3.63) is 76.6 Å². The van der Waals surface area contributed by atoms with E-state index in [2.05, 4.69) is 10.4 Å². The zero-order chi connectivity index (χ0) is 23.3. The number of benzene rings is 2. The molecule has 0 aliphatic carbocycles. The van der Waals surface area contributed by atoms with Gasteiger partial charge in [-0.1, -0.05) is 29.8 Å². The minimum Gasteiger partial charge on any atom is -0.493 e. The van der Waals surface area contributed by atoms with Gasteiger partial charge in [0.25, 0.3) is 5.91 Å². The Labute approximate surface area is 187 Å². The average molecular weight is 434 g/mol. The molecule has 1 aromatic heterocycles. The molecule has 7 nitrogen and oxygen atoms in total. The molecule has 0 bridgehead atoms. The van der Waals surface area contributed by atoms with Crippen LogP contribution in [0.15, 0.2) is 48.5 Å². The van der Waals surface area contributed by atoms with Crippen molar-refractivity contribution in [1.82, 2.24) is 9.78 Å². The molecular formula is C25H27N3O4. The molecule has 0 fully saturated rings. The molecule has 0 saturated heterocycles. The molecule has 1 amide bonds. The van der Waals surface area contributed by atoms with Crippen LogP contribution in [0.3, 0.4) is 0 Å². The summed E-state index contributed by atoms with van der Waals surface area (Å²) in [6.07, 6.45) is 3.23.